The average molecular weight is 259 g/mol. The highest BCUT2D eigenvalue weighted by molar-refractivity contribution is 7.89. The van der Waals surface area contributed by atoms with Crippen molar-refractivity contribution in [3.8, 4) is 0 Å². The van der Waals surface area contributed by atoms with Gasteiger partial charge in [0.15, 0.2) is 0 Å². The van der Waals surface area contributed by atoms with Crippen LogP contribution in [0, 0.1) is 5.92 Å². The van der Waals surface area contributed by atoms with Crippen LogP contribution in [0.4, 0.5) is 0 Å². The number of carboxylic acids is 1. The molecule has 0 aliphatic heterocycles. The highest BCUT2D eigenvalue weighted by Gasteiger charge is 2.39. The minimum atomic E-state index is -3.80. The SMILES string of the molecule is Cn1cc(S(=O)(=O)NC(C(=O)O)C2CC2)cn1. The fourth-order valence-electron chi connectivity index (χ4n) is 1.55. The van der Waals surface area contributed by atoms with E-state index >= 15 is 0 Å². The van der Waals surface area contributed by atoms with Gasteiger partial charge in [-0.1, -0.05) is 0 Å². The van der Waals surface area contributed by atoms with E-state index in [2.05, 4.69) is 9.82 Å². The van der Waals surface area contributed by atoms with Gasteiger partial charge < -0.3 is 5.11 Å². The van der Waals surface area contributed by atoms with E-state index in [1.54, 1.807) is 7.05 Å². The van der Waals surface area contributed by atoms with E-state index in [4.69, 9.17) is 5.11 Å². The zero-order valence-corrected chi connectivity index (χ0v) is 10.0. The normalized spacial score (nSPS) is 17.9. The maximum Gasteiger partial charge on any atom is 0.322 e. The fourth-order valence-corrected chi connectivity index (χ4v) is 2.79. The molecule has 1 atom stereocenters. The summed E-state index contributed by atoms with van der Waals surface area (Å²) in [5.41, 5.74) is 0. The zero-order chi connectivity index (χ0) is 12.6. The van der Waals surface area contributed by atoms with Crippen molar-refractivity contribution in [2.75, 3.05) is 0 Å². The smallest absolute Gasteiger partial charge is 0.322 e. The summed E-state index contributed by atoms with van der Waals surface area (Å²) in [4.78, 5) is 10.9. The van der Waals surface area contributed by atoms with Crippen LogP contribution in [0.25, 0.3) is 0 Å². The Balaban J connectivity index is 2.18. The molecule has 2 rings (SSSR count). The Bertz CT molecular complexity index is 532. The molecule has 1 unspecified atom stereocenters. The van der Waals surface area contributed by atoms with Crippen molar-refractivity contribution >= 4 is 16.0 Å². The van der Waals surface area contributed by atoms with Crippen LogP contribution in [0.3, 0.4) is 0 Å². The van der Waals surface area contributed by atoms with Gasteiger partial charge in [-0.2, -0.15) is 9.82 Å². The Morgan fingerprint density at radius 1 is 1.65 bits per heavy atom. The molecule has 1 fully saturated rings. The first-order valence-corrected chi connectivity index (χ1v) is 6.62. The second-order valence-electron chi connectivity index (χ2n) is 4.12. The Kier molecular flexibility index (Phi) is 2.92. The van der Waals surface area contributed by atoms with Crippen LogP contribution in [0.5, 0.6) is 0 Å². The van der Waals surface area contributed by atoms with Crippen molar-refractivity contribution < 1.29 is 18.3 Å². The number of nitrogens with one attached hydrogen (secondary N) is 1. The minimum Gasteiger partial charge on any atom is -0.480 e. The number of aromatic nitrogens is 2. The summed E-state index contributed by atoms with van der Waals surface area (Å²) in [6.07, 6.45) is 4.00. The van der Waals surface area contributed by atoms with Gasteiger partial charge in [0, 0.05) is 13.2 Å². The lowest BCUT2D eigenvalue weighted by atomic mass is 10.2. The molecule has 1 aliphatic carbocycles. The molecule has 17 heavy (non-hydrogen) atoms. The average Bonchev–Trinajstić information content (AvgIpc) is 2.96. The van der Waals surface area contributed by atoms with Gasteiger partial charge in [-0.3, -0.25) is 9.48 Å². The summed E-state index contributed by atoms with van der Waals surface area (Å²) in [6, 6.07) is -1.04. The summed E-state index contributed by atoms with van der Waals surface area (Å²) in [6.45, 7) is 0. The molecule has 0 saturated heterocycles. The molecule has 1 aromatic heterocycles. The van der Waals surface area contributed by atoms with Gasteiger partial charge in [0.05, 0.1) is 6.20 Å². The fraction of sp³-hybridized carbons (Fsp3) is 0.556. The molecule has 7 nitrogen and oxygen atoms in total. The summed E-state index contributed by atoms with van der Waals surface area (Å²) >= 11 is 0. The van der Waals surface area contributed by atoms with Crippen LogP contribution in [0.15, 0.2) is 17.3 Å². The Morgan fingerprint density at radius 3 is 2.71 bits per heavy atom. The maximum absolute atomic E-state index is 11.9. The number of carboxylic acid groups (broad SMARTS) is 1. The summed E-state index contributed by atoms with van der Waals surface area (Å²) in [7, 11) is -2.21. The largest absolute Gasteiger partial charge is 0.480 e. The summed E-state index contributed by atoms with van der Waals surface area (Å²) < 4.78 is 27.3. The molecule has 0 aromatic carbocycles. The van der Waals surface area contributed by atoms with Gasteiger partial charge in [-0.25, -0.2) is 8.42 Å². The van der Waals surface area contributed by atoms with Gasteiger partial charge >= 0.3 is 5.97 Å². The third-order valence-corrected chi connectivity index (χ3v) is 4.03. The van der Waals surface area contributed by atoms with Gasteiger partial charge in [0.25, 0.3) is 0 Å². The molecule has 1 aliphatic rings. The maximum atomic E-state index is 11.9. The lowest BCUT2D eigenvalue weighted by molar-refractivity contribution is -0.139. The zero-order valence-electron chi connectivity index (χ0n) is 9.20. The summed E-state index contributed by atoms with van der Waals surface area (Å²) in [5, 5.41) is 12.7. The second kappa shape index (κ2) is 4.11. The van der Waals surface area contributed by atoms with E-state index < -0.39 is 22.0 Å². The highest BCUT2D eigenvalue weighted by Crippen LogP contribution is 2.33. The number of hydrogen-bond acceptors (Lipinski definition) is 4. The van der Waals surface area contributed by atoms with E-state index in [0.29, 0.717) is 0 Å². The van der Waals surface area contributed by atoms with Crippen LogP contribution >= 0.6 is 0 Å². The van der Waals surface area contributed by atoms with E-state index in [1.165, 1.54) is 17.1 Å². The van der Waals surface area contributed by atoms with Gasteiger partial charge in [0.1, 0.15) is 10.9 Å². The first-order valence-electron chi connectivity index (χ1n) is 5.14. The molecule has 0 radical (unpaired) electrons. The Labute approximate surface area is 98.5 Å². The molecular weight excluding hydrogens is 246 g/mol. The van der Waals surface area contributed by atoms with Crippen molar-refractivity contribution in [3.05, 3.63) is 12.4 Å². The van der Waals surface area contributed by atoms with E-state index in [1.807, 2.05) is 0 Å². The second-order valence-corrected chi connectivity index (χ2v) is 5.84. The van der Waals surface area contributed by atoms with Gasteiger partial charge in [0.2, 0.25) is 10.0 Å². The molecule has 2 N–H and O–H groups in total. The number of rotatable bonds is 5. The molecule has 0 bridgehead atoms. The highest BCUT2D eigenvalue weighted by atomic mass is 32.2. The lowest BCUT2D eigenvalue weighted by Crippen LogP contribution is -2.42. The number of sulfonamides is 1. The monoisotopic (exact) mass is 259 g/mol. The van der Waals surface area contributed by atoms with Crippen LogP contribution in [0.2, 0.25) is 0 Å². The van der Waals surface area contributed by atoms with E-state index in [0.717, 1.165) is 12.8 Å². The summed E-state index contributed by atoms with van der Waals surface area (Å²) in [5.74, 6) is -1.24. The number of nitrogens with zero attached hydrogens (tertiary/aromatic N) is 2. The van der Waals surface area contributed by atoms with Crippen LogP contribution < -0.4 is 4.72 Å². The van der Waals surface area contributed by atoms with Crippen LogP contribution in [0.1, 0.15) is 12.8 Å². The third-order valence-electron chi connectivity index (χ3n) is 2.63. The molecule has 0 spiro atoms. The van der Waals surface area contributed by atoms with E-state index in [-0.39, 0.29) is 10.8 Å². The first kappa shape index (κ1) is 12.1. The topological polar surface area (TPSA) is 101 Å². The van der Waals surface area contributed by atoms with Crippen molar-refractivity contribution in [2.24, 2.45) is 13.0 Å². The van der Waals surface area contributed by atoms with Crippen molar-refractivity contribution in [1.29, 1.82) is 0 Å². The van der Waals surface area contributed by atoms with Gasteiger partial charge in [-0.15, -0.1) is 0 Å². The quantitative estimate of drug-likeness (QED) is 0.746. The van der Waals surface area contributed by atoms with E-state index in [9.17, 15) is 13.2 Å². The molecule has 8 heteroatoms. The van der Waals surface area contributed by atoms with Crippen molar-refractivity contribution in [2.45, 2.75) is 23.8 Å². The Morgan fingerprint density at radius 2 is 2.29 bits per heavy atom. The lowest BCUT2D eigenvalue weighted by Gasteiger charge is -2.12. The third kappa shape index (κ3) is 2.64. The van der Waals surface area contributed by atoms with Crippen LogP contribution in [-0.2, 0) is 21.9 Å². The van der Waals surface area contributed by atoms with Crippen molar-refractivity contribution in [1.82, 2.24) is 14.5 Å². The molecular formula is C9H13N3O4S. The number of aliphatic carboxylic acids is 1. The predicted octanol–water partition coefficient (Wildman–Crippen LogP) is -0.438. The minimum absolute atomic E-state index is 0.0214. The molecule has 94 valence electrons. The van der Waals surface area contributed by atoms with Crippen molar-refractivity contribution in [3.63, 3.8) is 0 Å². The predicted molar refractivity (Wildman–Crippen MR) is 57.7 cm³/mol. The van der Waals surface area contributed by atoms with Gasteiger partial charge in [-0.05, 0) is 18.8 Å². The molecule has 1 saturated carbocycles. The molecule has 1 heterocycles. The first-order chi connectivity index (χ1) is 7.90. The number of carbonyl (C=O) groups is 1. The standard InChI is InChI=1S/C9H13N3O4S/c1-12-5-7(4-10-12)17(15,16)11-8(9(13)14)6-2-3-6/h4-6,8,11H,2-3H2,1H3,(H,13,14). The number of aryl methyl sites for hydroxylation is 1. The Hall–Kier alpha value is -1.41. The van der Waals surface area contributed by atoms with Crippen LogP contribution in [-0.4, -0.2) is 35.3 Å². The molecule has 1 aromatic rings. The molecule has 0 amide bonds. The number of hydrogen-bond donors (Lipinski definition) is 2.